The van der Waals surface area contributed by atoms with Crippen molar-refractivity contribution in [1.29, 1.82) is 0 Å². The summed E-state index contributed by atoms with van der Waals surface area (Å²) in [6, 6.07) is 19.0. The lowest BCUT2D eigenvalue weighted by atomic mass is 9.80. The van der Waals surface area contributed by atoms with E-state index in [1.54, 1.807) is 44.2 Å². The number of nitrogens with one attached hydrogen (secondary N) is 1. The molecule has 12 nitrogen and oxygen atoms in total. The van der Waals surface area contributed by atoms with Gasteiger partial charge in [-0.1, -0.05) is 12.1 Å². The fraction of sp³-hybridized carbons (Fsp3) is 0.415. The molecular formula is C41H48F2N6O6. The first-order valence-electron chi connectivity index (χ1n) is 18.8. The molecule has 14 heteroatoms. The predicted molar refractivity (Wildman–Crippen MR) is 206 cm³/mol. The highest BCUT2D eigenvalue weighted by atomic mass is 19.1. The van der Waals surface area contributed by atoms with E-state index in [1.165, 1.54) is 42.5 Å². The molecule has 6 rings (SSSR count). The van der Waals surface area contributed by atoms with Crippen LogP contribution < -0.4 is 15.1 Å². The number of halogens is 2. The smallest absolute Gasteiger partial charge is 0.336 e. The number of anilines is 2. The van der Waals surface area contributed by atoms with Crippen LogP contribution in [0.4, 0.5) is 25.8 Å². The van der Waals surface area contributed by atoms with Crippen LogP contribution in [0, 0.1) is 21.7 Å². The molecule has 0 radical (unpaired) electrons. The number of hydrogen-bond acceptors (Lipinski definition) is 11. The molecule has 0 atom stereocenters. The molecule has 0 saturated carbocycles. The van der Waals surface area contributed by atoms with Gasteiger partial charge in [-0.15, -0.1) is 0 Å². The maximum atomic E-state index is 13.8. The molecule has 1 N–H and O–H groups in total. The summed E-state index contributed by atoms with van der Waals surface area (Å²) in [7, 11) is 0. The molecule has 0 amide bonds. The first-order valence-corrected chi connectivity index (χ1v) is 18.8. The molecule has 292 valence electrons. The van der Waals surface area contributed by atoms with Gasteiger partial charge in [0, 0.05) is 100 Å². The van der Waals surface area contributed by atoms with Gasteiger partial charge in [-0.3, -0.25) is 19.9 Å². The van der Waals surface area contributed by atoms with Crippen LogP contribution in [0.1, 0.15) is 38.2 Å². The van der Waals surface area contributed by atoms with Gasteiger partial charge < -0.3 is 24.6 Å². The van der Waals surface area contributed by atoms with Crippen LogP contribution in [0.3, 0.4) is 0 Å². The predicted octanol–water partition coefficient (Wildman–Crippen LogP) is 5.62. The number of nitrogens with zero attached hydrogens (tertiary/aromatic N) is 5. The van der Waals surface area contributed by atoms with E-state index < -0.39 is 22.8 Å². The van der Waals surface area contributed by atoms with Crippen molar-refractivity contribution < 1.29 is 32.8 Å². The molecule has 0 bridgehead atoms. The molecule has 2 saturated heterocycles. The number of carbonyl (C=O) groups is 2. The number of carbonyl (C=O) groups excluding carboxylic acids is 2. The summed E-state index contributed by atoms with van der Waals surface area (Å²) in [4.78, 5) is 47.9. The molecule has 2 fully saturated rings. The minimum Gasteiger partial charge on any atom is -0.462 e. The monoisotopic (exact) mass is 758 g/mol. The lowest BCUT2D eigenvalue weighted by molar-refractivity contribution is -0.384. The van der Waals surface area contributed by atoms with Gasteiger partial charge in [0.2, 0.25) is 0 Å². The van der Waals surface area contributed by atoms with Crippen molar-refractivity contribution in [1.82, 2.24) is 15.1 Å². The number of benzene rings is 3. The third kappa shape index (κ3) is 10.1. The minimum atomic E-state index is -0.944. The maximum absolute atomic E-state index is 13.8. The summed E-state index contributed by atoms with van der Waals surface area (Å²) in [5.74, 6) is -2.69. The molecule has 3 aromatic rings. The van der Waals surface area contributed by atoms with Gasteiger partial charge in [-0.2, -0.15) is 0 Å². The van der Waals surface area contributed by atoms with Crippen LogP contribution in [0.15, 0.2) is 95.3 Å². The molecule has 3 aliphatic heterocycles. The van der Waals surface area contributed by atoms with Crippen LogP contribution >= 0.6 is 0 Å². The van der Waals surface area contributed by atoms with Gasteiger partial charge in [-0.05, 0) is 80.8 Å². The van der Waals surface area contributed by atoms with Gasteiger partial charge in [0.05, 0.1) is 35.2 Å². The Morgan fingerprint density at radius 1 is 0.709 bits per heavy atom. The van der Waals surface area contributed by atoms with Gasteiger partial charge in [0.15, 0.2) is 0 Å². The SMILES string of the molecule is CC1=C(C(=O)OCCCN2CCN(c3ccc(F)cc3)CC2)C(c2cccc([N+](=O)[O-])c2)C(C(=O)OCCCN2CCN(c3ccc(F)cc3)CC2)=C(C)N1. The number of allylic oxidation sites excluding steroid dienone is 2. The minimum absolute atomic E-state index is 0.149. The summed E-state index contributed by atoms with van der Waals surface area (Å²) < 4.78 is 38.3. The number of nitro benzene ring substituents is 1. The van der Waals surface area contributed by atoms with Crippen LogP contribution in [-0.4, -0.2) is 105 Å². The van der Waals surface area contributed by atoms with E-state index in [0.717, 1.165) is 76.8 Å². The molecular weight excluding hydrogens is 710 g/mol. The van der Waals surface area contributed by atoms with Crippen molar-refractivity contribution in [3.8, 4) is 0 Å². The van der Waals surface area contributed by atoms with Crippen LogP contribution in [0.5, 0.6) is 0 Å². The average molecular weight is 759 g/mol. The van der Waals surface area contributed by atoms with E-state index in [-0.39, 0.29) is 41.7 Å². The Kier molecular flexibility index (Phi) is 13.1. The number of rotatable bonds is 14. The van der Waals surface area contributed by atoms with Crippen molar-refractivity contribution in [3.63, 3.8) is 0 Å². The van der Waals surface area contributed by atoms with Gasteiger partial charge in [0.1, 0.15) is 11.6 Å². The third-order valence-corrected chi connectivity index (χ3v) is 10.4. The van der Waals surface area contributed by atoms with Crippen molar-refractivity contribution in [2.24, 2.45) is 0 Å². The highest BCUT2D eigenvalue weighted by Crippen LogP contribution is 2.40. The Hall–Kier alpha value is -5.34. The zero-order valence-corrected chi connectivity index (χ0v) is 31.3. The second-order valence-corrected chi connectivity index (χ2v) is 14.1. The normalized spacial score (nSPS) is 17.3. The van der Waals surface area contributed by atoms with Crippen molar-refractivity contribution >= 4 is 29.0 Å². The first kappa shape index (κ1) is 39.4. The summed E-state index contributed by atoms with van der Waals surface area (Å²) in [6.07, 6.45) is 1.18. The highest BCUT2D eigenvalue weighted by molar-refractivity contribution is 6.00. The van der Waals surface area contributed by atoms with E-state index in [1.807, 2.05) is 0 Å². The van der Waals surface area contributed by atoms with Crippen LogP contribution in [0.2, 0.25) is 0 Å². The Morgan fingerprint density at radius 3 is 1.56 bits per heavy atom. The Morgan fingerprint density at radius 2 is 1.15 bits per heavy atom. The van der Waals surface area contributed by atoms with Crippen LogP contribution in [0.25, 0.3) is 0 Å². The largest absolute Gasteiger partial charge is 0.462 e. The summed E-state index contributed by atoms with van der Waals surface area (Å²) >= 11 is 0. The van der Waals surface area contributed by atoms with E-state index in [2.05, 4.69) is 24.9 Å². The zero-order valence-electron chi connectivity index (χ0n) is 31.3. The third-order valence-electron chi connectivity index (χ3n) is 10.4. The molecule has 0 spiro atoms. The fourth-order valence-electron chi connectivity index (χ4n) is 7.51. The number of ether oxygens (including phenoxy) is 2. The fourth-order valence-corrected chi connectivity index (χ4v) is 7.51. The first-order chi connectivity index (χ1) is 26.6. The molecule has 0 aliphatic carbocycles. The Labute approximate surface area is 320 Å². The standard InChI is InChI=1S/C41H48F2N6O6/c1-29-37(40(50)54-26-4-16-45-18-22-47(23-19-45)34-12-8-32(42)9-13-34)39(31-6-3-7-36(28-31)49(52)53)38(30(2)44-29)41(51)55-27-5-17-46-20-24-48(25-21-46)35-14-10-33(43)11-15-35/h3,6-15,28,39,44H,4-5,16-27H2,1-2H3. The lowest BCUT2D eigenvalue weighted by Crippen LogP contribution is -2.46. The molecule has 55 heavy (non-hydrogen) atoms. The van der Waals surface area contributed by atoms with E-state index in [4.69, 9.17) is 9.47 Å². The number of dihydropyridines is 1. The summed E-state index contributed by atoms with van der Waals surface area (Å²) in [5, 5.41) is 14.9. The number of non-ortho nitro benzene ring substituents is 1. The van der Waals surface area contributed by atoms with Crippen molar-refractivity contribution in [2.45, 2.75) is 32.6 Å². The zero-order chi connectivity index (χ0) is 38.9. The van der Waals surface area contributed by atoms with E-state index in [0.29, 0.717) is 29.8 Å². The second kappa shape index (κ2) is 18.3. The maximum Gasteiger partial charge on any atom is 0.336 e. The molecule has 3 aromatic carbocycles. The number of hydrogen-bond donors (Lipinski definition) is 1. The van der Waals surface area contributed by atoms with E-state index in [9.17, 15) is 28.5 Å². The second-order valence-electron chi connectivity index (χ2n) is 14.1. The number of piperazine rings is 2. The topological polar surface area (TPSA) is 121 Å². The van der Waals surface area contributed by atoms with Gasteiger partial charge >= 0.3 is 11.9 Å². The Balaban J connectivity index is 1.04. The van der Waals surface area contributed by atoms with Gasteiger partial charge in [0.25, 0.3) is 5.69 Å². The molecule has 3 heterocycles. The Bertz CT molecular complexity index is 1780. The molecule has 3 aliphatic rings. The number of nitro groups is 1. The highest BCUT2D eigenvalue weighted by Gasteiger charge is 2.38. The molecule has 0 unspecified atom stereocenters. The lowest BCUT2D eigenvalue weighted by Gasteiger charge is -2.36. The van der Waals surface area contributed by atoms with Crippen molar-refractivity contribution in [3.05, 3.63) is 123 Å². The molecule has 0 aromatic heterocycles. The quantitative estimate of drug-likeness (QED) is 0.0956. The van der Waals surface area contributed by atoms with Crippen molar-refractivity contribution in [2.75, 3.05) is 88.5 Å². The van der Waals surface area contributed by atoms with Gasteiger partial charge in [-0.25, -0.2) is 18.4 Å². The summed E-state index contributed by atoms with van der Waals surface area (Å²) in [5.41, 5.74) is 3.60. The van der Waals surface area contributed by atoms with Crippen LogP contribution in [-0.2, 0) is 19.1 Å². The summed E-state index contributed by atoms with van der Waals surface area (Å²) in [6.45, 7) is 11.7. The average Bonchev–Trinajstić information content (AvgIpc) is 3.19. The number of esters is 2. The van der Waals surface area contributed by atoms with E-state index >= 15 is 0 Å².